The zero-order chi connectivity index (χ0) is 14.3. The van der Waals surface area contributed by atoms with Gasteiger partial charge in [0.1, 0.15) is 12.2 Å². The Morgan fingerprint density at radius 3 is 2.68 bits per heavy atom. The van der Waals surface area contributed by atoms with Gasteiger partial charge in [0.25, 0.3) is 0 Å². The molecule has 0 saturated carbocycles. The SMILES string of the molecule is CC(CCNC(=O)NCCc1nncn1C)C(=O)O. The maximum absolute atomic E-state index is 11.4. The van der Waals surface area contributed by atoms with E-state index in [-0.39, 0.29) is 6.03 Å². The van der Waals surface area contributed by atoms with Crippen molar-refractivity contribution < 1.29 is 14.7 Å². The van der Waals surface area contributed by atoms with E-state index in [1.54, 1.807) is 17.8 Å². The van der Waals surface area contributed by atoms with Crippen molar-refractivity contribution in [1.82, 2.24) is 25.4 Å². The molecule has 0 aromatic carbocycles. The van der Waals surface area contributed by atoms with E-state index in [1.165, 1.54) is 0 Å². The predicted octanol–water partition coefficient (Wildman–Crippen LogP) is -0.232. The lowest BCUT2D eigenvalue weighted by Gasteiger charge is -2.09. The van der Waals surface area contributed by atoms with Crippen molar-refractivity contribution in [1.29, 1.82) is 0 Å². The number of amides is 2. The molecule has 1 aromatic rings. The Hall–Kier alpha value is -2.12. The summed E-state index contributed by atoms with van der Waals surface area (Å²) in [5, 5.41) is 21.6. The van der Waals surface area contributed by atoms with E-state index < -0.39 is 11.9 Å². The molecule has 0 radical (unpaired) electrons. The third kappa shape index (κ3) is 5.36. The van der Waals surface area contributed by atoms with Crippen molar-refractivity contribution in [2.45, 2.75) is 19.8 Å². The molecule has 1 aromatic heterocycles. The van der Waals surface area contributed by atoms with Gasteiger partial charge in [-0.2, -0.15) is 0 Å². The van der Waals surface area contributed by atoms with Crippen molar-refractivity contribution in [3.8, 4) is 0 Å². The summed E-state index contributed by atoms with van der Waals surface area (Å²) in [6, 6.07) is -0.306. The Bertz CT molecular complexity index is 432. The number of hydrogen-bond acceptors (Lipinski definition) is 4. The minimum Gasteiger partial charge on any atom is -0.481 e. The van der Waals surface area contributed by atoms with Gasteiger partial charge in [-0.3, -0.25) is 4.79 Å². The van der Waals surface area contributed by atoms with Gasteiger partial charge in [0.2, 0.25) is 0 Å². The van der Waals surface area contributed by atoms with Crippen LogP contribution in [0.25, 0.3) is 0 Å². The maximum Gasteiger partial charge on any atom is 0.314 e. The molecular weight excluding hydrogens is 250 g/mol. The first-order valence-corrected chi connectivity index (χ1v) is 6.08. The lowest BCUT2D eigenvalue weighted by atomic mass is 10.1. The Morgan fingerprint density at radius 2 is 2.11 bits per heavy atom. The van der Waals surface area contributed by atoms with Crippen LogP contribution >= 0.6 is 0 Å². The Morgan fingerprint density at radius 1 is 1.42 bits per heavy atom. The highest BCUT2D eigenvalue weighted by Crippen LogP contribution is 1.99. The van der Waals surface area contributed by atoms with Crippen LogP contribution in [0.1, 0.15) is 19.2 Å². The summed E-state index contributed by atoms with van der Waals surface area (Å²) in [5.41, 5.74) is 0. The second kappa shape index (κ2) is 7.34. The fraction of sp³-hybridized carbons (Fsp3) is 0.636. The molecule has 0 bridgehead atoms. The van der Waals surface area contributed by atoms with Crippen molar-refractivity contribution in [3.63, 3.8) is 0 Å². The van der Waals surface area contributed by atoms with Crippen LogP contribution in [0.4, 0.5) is 4.79 Å². The molecule has 1 rings (SSSR count). The number of aliphatic carboxylic acids is 1. The zero-order valence-electron chi connectivity index (χ0n) is 11.1. The molecule has 1 heterocycles. The van der Waals surface area contributed by atoms with Crippen LogP contribution in [-0.4, -0.2) is 45.0 Å². The van der Waals surface area contributed by atoms with Crippen LogP contribution in [-0.2, 0) is 18.3 Å². The minimum atomic E-state index is -0.857. The highest BCUT2D eigenvalue weighted by atomic mass is 16.4. The average molecular weight is 269 g/mol. The molecule has 3 N–H and O–H groups in total. The monoisotopic (exact) mass is 269 g/mol. The number of nitrogens with one attached hydrogen (secondary N) is 2. The van der Waals surface area contributed by atoms with Crippen LogP contribution in [0.3, 0.4) is 0 Å². The summed E-state index contributed by atoms with van der Waals surface area (Å²) in [6.07, 6.45) is 2.60. The quantitative estimate of drug-likeness (QED) is 0.633. The van der Waals surface area contributed by atoms with Crippen LogP contribution < -0.4 is 10.6 Å². The first-order valence-electron chi connectivity index (χ1n) is 6.08. The standard InChI is InChI=1S/C11H19N5O3/c1-8(10(17)18)3-5-12-11(19)13-6-4-9-15-14-7-16(9)2/h7-8H,3-6H2,1-2H3,(H,17,18)(H2,12,13,19). The minimum absolute atomic E-state index is 0.306. The number of urea groups is 1. The molecule has 8 nitrogen and oxygen atoms in total. The number of rotatable bonds is 7. The van der Waals surface area contributed by atoms with Gasteiger partial charge in [0.05, 0.1) is 5.92 Å². The summed E-state index contributed by atoms with van der Waals surface area (Å²) >= 11 is 0. The molecular formula is C11H19N5O3. The number of carbonyl (C=O) groups is 2. The van der Waals surface area contributed by atoms with Gasteiger partial charge in [0.15, 0.2) is 0 Å². The van der Waals surface area contributed by atoms with E-state index in [0.29, 0.717) is 25.9 Å². The number of carboxylic acid groups (broad SMARTS) is 1. The average Bonchev–Trinajstić information content (AvgIpc) is 2.75. The van der Waals surface area contributed by atoms with Gasteiger partial charge in [0, 0.05) is 26.6 Å². The topological polar surface area (TPSA) is 109 Å². The number of hydrogen-bond donors (Lipinski definition) is 3. The highest BCUT2D eigenvalue weighted by molar-refractivity contribution is 5.74. The number of aromatic nitrogens is 3. The van der Waals surface area contributed by atoms with E-state index in [4.69, 9.17) is 5.11 Å². The highest BCUT2D eigenvalue weighted by Gasteiger charge is 2.10. The number of carboxylic acids is 1. The Kier molecular flexibility index (Phi) is 5.77. The zero-order valence-corrected chi connectivity index (χ0v) is 11.1. The molecule has 0 aliphatic carbocycles. The van der Waals surface area contributed by atoms with Crippen LogP contribution in [0.15, 0.2) is 6.33 Å². The molecule has 19 heavy (non-hydrogen) atoms. The Labute approximate surface area is 111 Å². The van der Waals surface area contributed by atoms with Crippen LogP contribution in [0.5, 0.6) is 0 Å². The molecule has 1 atom stereocenters. The smallest absolute Gasteiger partial charge is 0.314 e. The van der Waals surface area contributed by atoms with Gasteiger partial charge in [-0.15, -0.1) is 10.2 Å². The van der Waals surface area contributed by atoms with Crippen molar-refractivity contribution >= 4 is 12.0 Å². The molecule has 1 unspecified atom stereocenters. The van der Waals surface area contributed by atoms with E-state index in [2.05, 4.69) is 20.8 Å². The van der Waals surface area contributed by atoms with Crippen LogP contribution in [0.2, 0.25) is 0 Å². The third-order valence-corrected chi connectivity index (χ3v) is 2.72. The molecule has 8 heteroatoms. The number of carbonyl (C=O) groups excluding carboxylic acids is 1. The van der Waals surface area contributed by atoms with Crippen molar-refractivity contribution in [2.75, 3.05) is 13.1 Å². The molecule has 0 aliphatic rings. The maximum atomic E-state index is 11.4. The van der Waals surface area contributed by atoms with Crippen molar-refractivity contribution in [3.05, 3.63) is 12.2 Å². The fourth-order valence-electron chi connectivity index (χ4n) is 1.41. The van der Waals surface area contributed by atoms with Gasteiger partial charge < -0.3 is 20.3 Å². The predicted molar refractivity (Wildman–Crippen MR) is 67.5 cm³/mol. The first kappa shape index (κ1) is 14.9. The second-order valence-electron chi connectivity index (χ2n) is 4.32. The lowest BCUT2D eigenvalue weighted by molar-refractivity contribution is -0.141. The molecule has 0 spiro atoms. The lowest BCUT2D eigenvalue weighted by Crippen LogP contribution is -2.38. The van der Waals surface area contributed by atoms with Gasteiger partial charge in [-0.25, -0.2) is 4.79 Å². The fourth-order valence-corrected chi connectivity index (χ4v) is 1.41. The van der Waals surface area contributed by atoms with Crippen molar-refractivity contribution in [2.24, 2.45) is 13.0 Å². The summed E-state index contributed by atoms with van der Waals surface area (Å²) in [4.78, 5) is 22.0. The molecule has 0 fully saturated rings. The van der Waals surface area contributed by atoms with E-state index in [1.807, 2.05) is 7.05 Å². The third-order valence-electron chi connectivity index (χ3n) is 2.72. The molecule has 0 saturated heterocycles. The molecule has 0 aliphatic heterocycles. The summed E-state index contributed by atoms with van der Waals surface area (Å²) in [5.74, 6) is -0.525. The van der Waals surface area contributed by atoms with Gasteiger partial charge in [-0.05, 0) is 6.42 Å². The van der Waals surface area contributed by atoms with E-state index >= 15 is 0 Å². The van der Waals surface area contributed by atoms with E-state index in [0.717, 1.165) is 5.82 Å². The van der Waals surface area contributed by atoms with Crippen LogP contribution in [0, 0.1) is 5.92 Å². The molecule has 2 amide bonds. The Balaban J connectivity index is 2.12. The summed E-state index contributed by atoms with van der Waals surface area (Å²) in [6.45, 7) is 2.39. The summed E-state index contributed by atoms with van der Waals surface area (Å²) in [7, 11) is 1.84. The number of nitrogens with zero attached hydrogens (tertiary/aromatic N) is 3. The number of aryl methyl sites for hydroxylation is 1. The second-order valence-corrected chi connectivity index (χ2v) is 4.32. The van der Waals surface area contributed by atoms with Gasteiger partial charge in [-0.1, -0.05) is 6.92 Å². The van der Waals surface area contributed by atoms with E-state index in [9.17, 15) is 9.59 Å². The normalized spacial score (nSPS) is 11.9. The summed E-state index contributed by atoms with van der Waals surface area (Å²) < 4.78 is 1.79. The largest absolute Gasteiger partial charge is 0.481 e. The molecule has 106 valence electrons. The first-order chi connectivity index (χ1) is 9.00. The van der Waals surface area contributed by atoms with Gasteiger partial charge >= 0.3 is 12.0 Å².